The lowest BCUT2D eigenvalue weighted by Gasteiger charge is -2.05. The number of nitrogens with zero attached hydrogens (tertiary/aromatic N) is 1. The fourth-order valence-electron chi connectivity index (χ4n) is 1.60. The number of rotatable bonds is 2. The van der Waals surface area contributed by atoms with Crippen molar-refractivity contribution in [2.75, 3.05) is 0 Å². The molecule has 0 N–H and O–H groups in total. The molecule has 1 heterocycles. The predicted octanol–water partition coefficient (Wildman–Crippen LogP) is 3.07. The summed E-state index contributed by atoms with van der Waals surface area (Å²) in [6, 6.07) is 7.68. The zero-order valence-electron chi connectivity index (χ0n) is 9.70. The summed E-state index contributed by atoms with van der Waals surface area (Å²) in [4.78, 5) is 16.2. The number of aromatic nitrogens is 1. The van der Waals surface area contributed by atoms with Crippen molar-refractivity contribution < 1.29 is 9.18 Å². The molecule has 1 aromatic carbocycles. The van der Waals surface area contributed by atoms with Crippen molar-refractivity contribution in [3.63, 3.8) is 0 Å². The van der Waals surface area contributed by atoms with E-state index in [1.807, 2.05) is 6.92 Å². The van der Waals surface area contributed by atoms with Crippen LogP contribution in [0.3, 0.4) is 0 Å². The first-order valence-electron chi connectivity index (χ1n) is 5.31. The van der Waals surface area contributed by atoms with E-state index in [2.05, 4.69) is 4.98 Å². The molecule has 0 spiro atoms. The third-order valence-corrected chi connectivity index (χ3v) is 2.62. The van der Waals surface area contributed by atoms with Gasteiger partial charge in [0.05, 0.1) is 0 Å². The van der Waals surface area contributed by atoms with E-state index < -0.39 is 5.82 Å². The first-order valence-corrected chi connectivity index (χ1v) is 5.31. The Bertz CT molecular complexity index is 561. The topological polar surface area (TPSA) is 30.0 Å². The van der Waals surface area contributed by atoms with Gasteiger partial charge in [0.15, 0.2) is 5.78 Å². The molecule has 0 aliphatic rings. The molecular weight excluding hydrogens is 217 g/mol. The van der Waals surface area contributed by atoms with Crippen LogP contribution in [0.4, 0.5) is 4.39 Å². The third kappa shape index (κ3) is 2.38. The minimum atomic E-state index is -0.404. The number of carbonyl (C=O) groups excluding carboxylic acids is 1. The number of carbonyl (C=O) groups is 1. The quantitative estimate of drug-likeness (QED) is 0.741. The summed E-state index contributed by atoms with van der Waals surface area (Å²) < 4.78 is 13.1. The van der Waals surface area contributed by atoms with E-state index in [0.29, 0.717) is 11.1 Å². The molecule has 1 aromatic heterocycles. The predicted molar refractivity (Wildman–Crippen MR) is 63.5 cm³/mol. The van der Waals surface area contributed by atoms with Crippen LogP contribution in [0.1, 0.15) is 27.2 Å². The summed E-state index contributed by atoms with van der Waals surface area (Å²) in [5, 5.41) is 0. The minimum Gasteiger partial charge on any atom is -0.289 e. The molecule has 0 radical (unpaired) electrons. The van der Waals surface area contributed by atoms with Crippen LogP contribution in [0.2, 0.25) is 0 Å². The lowest BCUT2D eigenvalue weighted by Crippen LogP contribution is -2.05. The highest BCUT2D eigenvalue weighted by molar-refractivity contribution is 6.09. The van der Waals surface area contributed by atoms with E-state index in [9.17, 15) is 9.18 Å². The first kappa shape index (κ1) is 11.5. The van der Waals surface area contributed by atoms with Gasteiger partial charge in [-0.1, -0.05) is 6.07 Å². The van der Waals surface area contributed by atoms with Gasteiger partial charge in [-0.25, -0.2) is 4.39 Å². The lowest BCUT2D eigenvalue weighted by molar-refractivity contribution is 0.103. The largest absolute Gasteiger partial charge is 0.289 e. The molecule has 2 aromatic rings. The summed E-state index contributed by atoms with van der Waals surface area (Å²) in [6.07, 6.45) is 1.52. The van der Waals surface area contributed by atoms with E-state index in [1.54, 1.807) is 25.1 Å². The number of ketones is 1. The van der Waals surface area contributed by atoms with Crippen LogP contribution >= 0.6 is 0 Å². The molecular formula is C14H12FNO. The van der Waals surface area contributed by atoms with Crippen LogP contribution < -0.4 is 0 Å². The smallest absolute Gasteiger partial charge is 0.194 e. The summed E-state index contributed by atoms with van der Waals surface area (Å²) in [5.74, 6) is -0.603. The van der Waals surface area contributed by atoms with E-state index in [0.717, 1.165) is 11.3 Å². The molecule has 0 fully saturated rings. The Morgan fingerprint density at radius 1 is 1.18 bits per heavy atom. The molecule has 0 saturated heterocycles. The van der Waals surface area contributed by atoms with Crippen molar-refractivity contribution in [2.24, 2.45) is 0 Å². The Hall–Kier alpha value is -2.03. The average molecular weight is 229 g/mol. The summed E-state index contributed by atoms with van der Waals surface area (Å²) in [5.41, 5.74) is 2.47. The molecule has 0 atom stereocenters. The van der Waals surface area contributed by atoms with Gasteiger partial charge in [-0.3, -0.25) is 9.78 Å². The fourth-order valence-corrected chi connectivity index (χ4v) is 1.60. The zero-order valence-corrected chi connectivity index (χ0v) is 9.70. The van der Waals surface area contributed by atoms with Crippen molar-refractivity contribution in [3.8, 4) is 0 Å². The fraction of sp³-hybridized carbons (Fsp3) is 0.143. The van der Waals surface area contributed by atoms with Gasteiger partial charge in [0.1, 0.15) is 5.82 Å². The van der Waals surface area contributed by atoms with E-state index >= 15 is 0 Å². The molecule has 86 valence electrons. The third-order valence-electron chi connectivity index (χ3n) is 2.62. The average Bonchev–Trinajstić information content (AvgIpc) is 2.32. The maximum Gasteiger partial charge on any atom is 0.194 e. The first-order chi connectivity index (χ1) is 8.08. The van der Waals surface area contributed by atoms with Crippen molar-refractivity contribution in [3.05, 3.63) is 64.7 Å². The second kappa shape index (κ2) is 4.45. The Morgan fingerprint density at radius 3 is 2.59 bits per heavy atom. The van der Waals surface area contributed by atoms with Crippen LogP contribution in [0.25, 0.3) is 0 Å². The van der Waals surface area contributed by atoms with Crippen LogP contribution in [-0.4, -0.2) is 10.8 Å². The van der Waals surface area contributed by atoms with Crippen LogP contribution in [0, 0.1) is 19.7 Å². The minimum absolute atomic E-state index is 0.200. The molecule has 2 rings (SSSR count). The van der Waals surface area contributed by atoms with Gasteiger partial charge < -0.3 is 0 Å². The van der Waals surface area contributed by atoms with Crippen molar-refractivity contribution in [1.29, 1.82) is 0 Å². The Morgan fingerprint density at radius 2 is 1.94 bits per heavy atom. The number of hydrogen-bond donors (Lipinski definition) is 0. The van der Waals surface area contributed by atoms with Crippen LogP contribution in [-0.2, 0) is 0 Å². The standard InChI is InChI=1S/C14H12FNO/c1-9-3-6-12(15)7-13(9)14(17)11-5-4-10(2)16-8-11/h3-8H,1-2H3. The number of pyridine rings is 1. The number of aryl methyl sites for hydroxylation is 2. The lowest BCUT2D eigenvalue weighted by atomic mass is 10.00. The zero-order chi connectivity index (χ0) is 12.4. The molecule has 0 aliphatic heterocycles. The Balaban J connectivity index is 2.43. The van der Waals surface area contributed by atoms with Gasteiger partial charge >= 0.3 is 0 Å². The monoisotopic (exact) mass is 229 g/mol. The van der Waals surface area contributed by atoms with Gasteiger partial charge in [0, 0.05) is 23.0 Å². The Kier molecular flexibility index (Phi) is 3.00. The van der Waals surface area contributed by atoms with Crippen molar-refractivity contribution in [2.45, 2.75) is 13.8 Å². The molecule has 0 aliphatic carbocycles. The molecule has 17 heavy (non-hydrogen) atoms. The molecule has 3 heteroatoms. The highest BCUT2D eigenvalue weighted by atomic mass is 19.1. The number of hydrogen-bond acceptors (Lipinski definition) is 2. The maximum atomic E-state index is 13.1. The number of benzene rings is 1. The second-order valence-corrected chi connectivity index (χ2v) is 3.98. The van der Waals surface area contributed by atoms with Gasteiger partial charge in [-0.2, -0.15) is 0 Å². The summed E-state index contributed by atoms with van der Waals surface area (Å²) in [6.45, 7) is 3.63. The maximum absolute atomic E-state index is 13.1. The summed E-state index contributed by atoms with van der Waals surface area (Å²) >= 11 is 0. The second-order valence-electron chi connectivity index (χ2n) is 3.98. The highest BCUT2D eigenvalue weighted by Gasteiger charge is 2.12. The van der Waals surface area contributed by atoms with Crippen LogP contribution in [0.5, 0.6) is 0 Å². The normalized spacial score (nSPS) is 10.3. The Labute approximate surface area is 99.1 Å². The highest BCUT2D eigenvalue weighted by Crippen LogP contribution is 2.15. The van der Waals surface area contributed by atoms with E-state index in [1.165, 1.54) is 18.3 Å². The van der Waals surface area contributed by atoms with Gasteiger partial charge in [-0.05, 0) is 43.7 Å². The van der Waals surface area contributed by atoms with Crippen molar-refractivity contribution >= 4 is 5.78 Å². The van der Waals surface area contributed by atoms with E-state index in [4.69, 9.17) is 0 Å². The molecule has 2 nitrogen and oxygen atoms in total. The number of halogens is 1. The summed E-state index contributed by atoms with van der Waals surface area (Å²) in [7, 11) is 0. The SMILES string of the molecule is Cc1ccc(C(=O)c2cc(F)ccc2C)cn1. The molecule has 0 saturated carbocycles. The molecule has 0 unspecified atom stereocenters. The van der Waals surface area contributed by atoms with Gasteiger partial charge in [0.2, 0.25) is 0 Å². The van der Waals surface area contributed by atoms with Gasteiger partial charge in [-0.15, -0.1) is 0 Å². The van der Waals surface area contributed by atoms with Crippen molar-refractivity contribution in [1.82, 2.24) is 4.98 Å². The molecule has 0 bridgehead atoms. The van der Waals surface area contributed by atoms with Gasteiger partial charge in [0.25, 0.3) is 0 Å². The van der Waals surface area contributed by atoms with E-state index in [-0.39, 0.29) is 5.78 Å². The van der Waals surface area contributed by atoms with Crippen LogP contribution in [0.15, 0.2) is 36.5 Å². The molecule has 0 amide bonds.